The Morgan fingerprint density at radius 2 is 1.29 bits per heavy atom. The standard InChI is InChI=1S/C10H14N2.C9H10O6.6Co.5H2O/c1-3-7-11-9(5-1)10-6-2-4-8-12-10;10-7(11)4-1-5(8(12)13)3-6(2-4)9(14)15;;;;;;;;;;;/h1,3,5,10H,2,4,6-8H2;1-3,7-8,10-13H,(H,14,15);;;;;;;5*1H2/q-2;;;;;;;+2;;;;;. The molecule has 0 bridgehead atoms. The molecular weight excluding hydrogens is 786 g/mol. The second kappa shape index (κ2) is 35.6. The fourth-order valence-electron chi connectivity index (χ4n) is 2.78. The van der Waals surface area contributed by atoms with Crippen LogP contribution >= 0.6 is 0 Å². The third kappa shape index (κ3) is 23.3. The Kier molecular flexibility index (Phi) is 62.6. The number of aromatic carboxylic acids is 1. The maximum Gasteiger partial charge on any atom is 2.00 e. The quantitative estimate of drug-likeness (QED) is 0.213. The van der Waals surface area contributed by atoms with Crippen molar-refractivity contribution in [1.82, 2.24) is 0 Å². The van der Waals surface area contributed by atoms with Crippen LogP contribution in [0, 0.1) is 0 Å². The summed E-state index contributed by atoms with van der Waals surface area (Å²) in [6.45, 7) is 1.87. The Morgan fingerprint density at radius 3 is 1.61 bits per heavy atom. The van der Waals surface area contributed by atoms with Gasteiger partial charge in [-0.25, -0.2) is 4.79 Å². The minimum atomic E-state index is -1.86. The molecule has 0 aliphatic carbocycles. The van der Waals surface area contributed by atoms with Crippen molar-refractivity contribution >= 4 is 5.97 Å². The van der Waals surface area contributed by atoms with Gasteiger partial charge in [0.2, 0.25) is 0 Å². The zero-order valence-corrected chi connectivity index (χ0v) is 25.5. The molecule has 0 saturated carbocycles. The van der Waals surface area contributed by atoms with Crippen LogP contribution in [0.25, 0.3) is 10.6 Å². The topological polar surface area (TPSA) is 304 Å². The number of benzene rings is 1. The second-order valence-electron chi connectivity index (χ2n) is 6.22. The van der Waals surface area contributed by atoms with Crippen LogP contribution in [0.4, 0.5) is 0 Å². The van der Waals surface area contributed by atoms with Gasteiger partial charge in [-0.1, -0.05) is 31.4 Å². The van der Waals surface area contributed by atoms with Gasteiger partial charge in [0.1, 0.15) is 0 Å². The molecule has 1 saturated heterocycles. The molecule has 1 atom stereocenters. The first-order valence-corrected chi connectivity index (χ1v) is 8.69. The van der Waals surface area contributed by atoms with Gasteiger partial charge in [-0.05, 0) is 18.2 Å². The van der Waals surface area contributed by atoms with Gasteiger partial charge in [0.15, 0.2) is 12.6 Å². The number of hydrogen-bond acceptors (Lipinski definition) is 5. The Labute approximate surface area is 282 Å². The average Bonchev–Trinajstić information content (AvgIpc) is 2.69. The van der Waals surface area contributed by atoms with E-state index in [0.29, 0.717) is 6.04 Å². The van der Waals surface area contributed by atoms with Gasteiger partial charge in [0.25, 0.3) is 0 Å². The van der Waals surface area contributed by atoms with Gasteiger partial charge in [-0.3, -0.25) is 0 Å². The Bertz CT molecular complexity index is 700. The molecule has 1 fully saturated rings. The summed E-state index contributed by atoms with van der Waals surface area (Å²) in [4.78, 5) is 10.6. The van der Waals surface area contributed by atoms with Crippen molar-refractivity contribution in [2.45, 2.75) is 37.9 Å². The van der Waals surface area contributed by atoms with Gasteiger partial charge in [-0.15, -0.1) is 25.2 Å². The van der Waals surface area contributed by atoms with E-state index >= 15 is 0 Å². The van der Waals surface area contributed by atoms with Crippen molar-refractivity contribution in [3.8, 4) is 0 Å². The minimum Gasteiger partial charge on any atom is -0.686 e. The van der Waals surface area contributed by atoms with Gasteiger partial charge >= 0.3 is 22.7 Å². The van der Waals surface area contributed by atoms with E-state index in [1.165, 1.54) is 25.0 Å². The molecule has 19 heteroatoms. The van der Waals surface area contributed by atoms with E-state index in [4.69, 9.17) is 25.5 Å². The molecule has 1 aromatic rings. The van der Waals surface area contributed by atoms with E-state index in [9.17, 15) is 4.79 Å². The molecule has 2 aliphatic heterocycles. The number of aliphatic hydroxyl groups is 4. The van der Waals surface area contributed by atoms with Crippen LogP contribution in [-0.4, -0.2) is 78.0 Å². The van der Waals surface area contributed by atoms with E-state index in [2.05, 4.69) is 28.9 Å². The molecule has 1 unspecified atom stereocenters. The van der Waals surface area contributed by atoms with Crippen LogP contribution in [-0.2, 0) is 101 Å². The van der Waals surface area contributed by atoms with Gasteiger partial charge in [-0.2, -0.15) is 5.70 Å². The van der Waals surface area contributed by atoms with Crippen molar-refractivity contribution in [3.63, 3.8) is 0 Å². The van der Waals surface area contributed by atoms with E-state index in [1.54, 1.807) is 0 Å². The molecule has 13 nitrogen and oxygen atoms in total. The van der Waals surface area contributed by atoms with E-state index < -0.39 is 18.5 Å². The monoisotopic (exact) mass is 820 g/mol. The average molecular weight is 820 g/mol. The number of carboxylic acid groups (broad SMARTS) is 1. The molecule has 0 amide bonds. The van der Waals surface area contributed by atoms with Crippen LogP contribution in [0.15, 0.2) is 42.1 Å². The third-order valence-corrected chi connectivity index (χ3v) is 4.18. The molecule has 2 heterocycles. The van der Waals surface area contributed by atoms with Crippen molar-refractivity contribution in [2.75, 3.05) is 13.1 Å². The number of piperidine rings is 1. The maximum absolute atomic E-state index is 10.6. The Morgan fingerprint density at radius 1 is 0.816 bits per heavy atom. The van der Waals surface area contributed by atoms with Crippen LogP contribution in [0.1, 0.15) is 53.3 Å². The van der Waals surface area contributed by atoms with Crippen molar-refractivity contribution in [2.24, 2.45) is 0 Å². The maximum atomic E-state index is 10.6. The minimum absolute atomic E-state index is 0. The molecule has 240 valence electrons. The predicted molar refractivity (Wildman–Crippen MR) is 117 cm³/mol. The number of carbonyl (C=O) groups is 1. The molecule has 15 N–H and O–H groups in total. The summed E-state index contributed by atoms with van der Waals surface area (Å²) in [6.07, 6.45) is 6.32. The summed E-state index contributed by atoms with van der Waals surface area (Å²) in [7, 11) is 0. The predicted octanol–water partition coefficient (Wildman–Crippen LogP) is -2.05. The molecule has 0 aromatic heterocycles. The van der Waals surface area contributed by atoms with Crippen molar-refractivity contribution < 1.29 is 158 Å². The van der Waals surface area contributed by atoms with Crippen LogP contribution in [0.3, 0.4) is 0 Å². The summed E-state index contributed by atoms with van der Waals surface area (Å²) >= 11 is 0. The second-order valence-corrected chi connectivity index (χ2v) is 6.22. The normalized spacial score (nSPS) is 13.6. The number of carboxylic acids is 1. The Hall–Kier alpha value is 0.609. The van der Waals surface area contributed by atoms with Gasteiger partial charge in [0, 0.05) is 95.0 Å². The molecular formula is C19H34Co6N2O11. The summed E-state index contributed by atoms with van der Waals surface area (Å²) < 4.78 is 0. The van der Waals surface area contributed by atoms with Gasteiger partial charge < -0.3 is 63.5 Å². The molecule has 0 spiro atoms. The van der Waals surface area contributed by atoms with Crippen molar-refractivity contribution in [1.29, 1.82) is 0 Å². The molecule has 6 radical (unpaired) electrons. The molecule has 2 aliphatic rings. The first-order chi connectivity index (χ1) is 12.9. The smallest absolute Gasteiger partial charge is 0.686 e. The van der Waals surface area contributed by atoms with Crippen LogP contribution in [0.5, 0.6) is 0 Å². The number of nitrogens with zero attached hydrogens (tertiary/aromatic N) is 2. The zero-order valence-electron chi connectivity index (χ0n) is 19.3. The Balaban J connectivity index is -0.0000000403. The number of hydrogen-bond donors (Lipinski definition) is 5. The summed E-state index contributed by atoms with van der Waals surface area (Å²) in [5.74, 6) is -1.29. The number of aliphatic hydroxyl groups excluding tert-OH is 2. The number of rotatable bonds is 4. The van der Waals surface area contributed by atoms with E-state index in [0.717, 1.165) is 31.3 Å². The van der Waals surface area contributed by atoms with Crippen molar-refractivity contribution in [3.05, 3.63) is 69.4 Å². The third-order valence-electron chi connectivity index (χ3n) is 4.18. The molecule has 38 heavy (non-hydrogen) atoms. The summed E-state index contributed by atoms with van der Waals surface area (Å²) in [5.41, 5.74) is 0.719. The van der Waals surface area contributed by atoms with Crippen LogP contribution in [0.2, 0.25) is 0 Å². The van der Waals surface area contributed by atoms with Crippen LogP contribution < -0.4 is 0 Å². The fraction of sp³-hybridized carbons (Fsp3) is 0.421. The molecule has 1 aromatic carbocycles. The fourth-order valence-corrected chi connectivity index (χ4v) is 2.78. The van der Waals surface area contributed by atoms with E-state index in [-0.39, 0.29) is 145 Å². The zero-order chi connectivity index (χ0) is 19.8. The molecule has 3 rings (SSSR count). The largest absolute Gasteiger partial charge is 2.00 e. The first kappa shape index (κ1) is 66.7. The first-order valence-electron chi connectivity index (χ1n) is 8.69. The summed E-state index contributed by atoms with van der Waals surface area (Å²) in [5, 5.41) is 53.0. The summed E-state index contributed by atoms with van der Waals surface area (Å²) in [6, 6.07) is 3.59. The van der Waals surface area contributed by atoms with Gasteiger partial charge in [0.05, 0.1) is 5.56 Å². The van der Waals surface area contributed by atoms with E-state index in [1.807, 2.05) is 0 Å². The SMILES string of the molecule is C1=CC[N-]C(C2CCCC[N-]2)=C1.O.O.O.O.O.O=C(O)c1cc(C(O)O)cc(C(O)O)c1.[Co+2].[Co].[Co].[Co].[Co].[Co]. The number of allylic oxidation sites excluding steroid dienone is 2.